The van der Waals surface area contributed by atoms with Gasteiger partial charge in [0.1, 0.15) is 16.5 Å². The predicted molar refractivity (Wildman–Crippen MR) is 100 cm³/mol. The lowest BCUT2D eigenvalue weighted by Crippen LogP contribution is -2.36. The largest absolute Gasteiger partial charge is 0.379 e. The van der Waals surface area contributed by atoms with Crippen molar-refractivity contribution in [3.05, 3.63) is 16.3 Å². The van der Waals surface area contributed by atoms with E-state index in [2.05, 4.69) is 29.4 Å². The van der Waals surface area contributed by atoms with E-state index in [0.29, 0.717) is 13.1 Å². The Balaban J connectivity index is 1.82. The fourth-order valence-corrected chi connectivity index (χ4v) is 3.92. The maximum absolute atomic E-state index is 11.0. The zero-order chi connectivity index (χ0) is 17.8. The average molecular weight is 363 g/mol. The van der Waals surface area contributed by atoms with Gasteiger partial charge in [-0.2, -0.15) is 0 Å². The van der Waals surface area contributed by atoms with Crippen molar-refractivity contribution in [2.24, 2.45) is 0 Å². The molecule has 2 N–H and O–H groups in total. The molecule has 1 aliphatic heterocycles. The molecule has 25 heavy (non-hydrogen) atoms. The first-order chi connectivity index (χ1) is 12.0. The van der Waals surface area contributed by atoms with Crippen molar-refractivity contribution in [1.82, 2.24) is 20.2 Å². The van der Waals surface area contributed by atoms with E-state index < -0.39 is 0 Å². The lowest BCUT2D eigenvalue weighted by Gasteiger charge is -2.25. The lowest BCUT2D eigenvalue weighted by atomic mass is 10.2. The summed E-state index contributed by atoms with van der Waals surface area (Å²) >= 11 is 1.71. The number of hydrogen-bond donors (Lipinski definition) is 2. The first kappa shape index (κ1) is 18.0. The van der Waals surface area contributed by atoms with Crippen LogP contribution in [0, 0.1) is 13.8 Å². The zero-order valence-electron chi connectivity index (χ0n) is 15.0. The molecule has 0 unspecified atom stereocenters. The minimum absolute atomic E-state index is 0.0230. The first-order valence-corrected chi connectivity index (χ1v) is 9.41. The Bertz CT molecular complexity index is 755. The van der Waals surface area contributed by atoms with Crippen LogP contribution in [0.5, 0.6) is 0 Å². The van der Waals surface area contributed by atoms with Crippen LogP contribution >= 0.6 is 11.3 Å². The molecule has 2 aromatic heterocycles. The number of hydrogen-bond acceptors (Lipinski definition) is 7. The molecule has 3 rings (SSSR count). The van der Waals surface area contributed by atoms with Crippen LogP contribution in [-0.2, 0) is 16.1 Å². The quantitative estimate of drug-likeness (QED) is 0.761. The molecule has 8 heteroatoms. The van der Waals surface area contributed by atoms with E-state index in [9.17, 15) is 4.79 Å². The van der Waals surface area contributed by atoms with Crippen LogP contribution in [-0.4, -0.2) is 60.2 Å². The van der Waals surface area contributed by atoms with Crippen molar-refractivity contribution in [2.45, 2.75) is 27.3 Å². The van der Waals surface area contributed by atoms with Gasteiger partial charge in [-0.05, 0) is 19.4 Å². The van der Waals surface area contributed by atoms with Gasteiger partial charge in [-0.1, -0.05) is 0 Å². The number of fused-ring (bicyclic) bond motifs is 1. The molecule has 0 radical (unpaired) electrons. The van der Waals surface area contributed by atoms with Crippen molar-refractivity contribution >= 4 is 33.3 Å². The third-order valence-corrected chi connectivity index (χ3v) is 5.44. The average Bonchev–Trinajstić information content (AvgIpc) is 2.87. The Labute approximate surface area is 151 Å². The number of carbonyl (C=O) groups is 1. The molecule has 1 fully saturated rings. The summed E-state index contributed by atoms with van der Waals surface area (Å²) in [5.74, 6) is 1.67. The van der Waals surface area contributed by atoms with Crippen LogP contribution in [0.15, 0.2) is 0 Å². The number of nitrogens with one attached hydrogen (secondary N) is 2. The smallest absolute Gasteiger partial charge is 0.216 e. The highest BCUT2D eigenvalue weighted by molar-refractivity contribution is 7.18. The minimum Gasteiger partial charge on any atom is -0.379 e. The van der Waals surface area contributed by atoms with Crippen LogP contribution < -0.4 is 10.6 Å². The summed E-state index contributed by atoms with van der Waals surface area (Å²) in [5.41, 5.74) is 1.22. The number of ether oxygens (including phenoxy) is 1. The summed E-state index contributed by atoms with van der Waals surface area (Å²) < 4.78 is 5.41. The van der Waals surface area contributed by atoms with Gasteiger partial charge in [0, 0.05) is 38.0 Å². The summed E-state index contributed by atoms with van der Waals surface area (Å²) in [6.45, 7) is 11.0. The topological polar surface area (TPSA) is 79.4 Å². The van der Waals surface area contributed by atoms with Gasteiger partial charge < -0.3 is 15.4 Å². The lowest BCUT2D eigenvalue weighted by molar-refractivity contribution is -0.118. The van der Waals surface area contributed by atoms with E-state index in [1.54, 1.807) is 11.3 Å². The van der Waals surface area contributed by atoms with E-state index in [1.165, 1.54) is 17.4 Å². The molecule has 136 valence electrons. The second kappa shape index (κ2) is 8.07. The zero-order valence-corrected chi connectivity index (χ0v) is 15.8. The Kier molecular flexibility index (Phi) is 5.82. The molecule has 2 aromatic rings. The third-order valence-electron chi connectivity index (χ3n) is 4.34. The van der Waals surface area contributed by atoms with Gasteiger partial charge >= 0.3 is 0 Å². The van der Waals surface area contributed by atoms with E-state index in [-0.39, 0.29) is 5.91 Å². The van der Waals surface area contributed by atoms with Gasteiger partial charge in [-0.25, -0.2) is 9.97 Å². The van der Waals surface area contributed by atoms with Crippen LogP contribution in [0.3, 0.4) is 0 Å². The highest BCUT2D eigenvalue weighted by Gasteiger charge is 2.17. The Morgan fingerprint density at radius 3 is 2.72 bits per heavy atom. The molecule has 1 amide bonds. The second-order valence-corrected chi connectivity index (χ2v) is 7.45. The van der Waals surface area contributed by atoms with Crippen molar-refractivity contribution in [3.63, 3.8) is 0 Å². The fourth-order valence-electron chi connectivity index (χ4n) is 2.87. The van der Waals surface area contributed by atoms with Gasteiger partial charge in [0.15, 0.2) is 0 Å². The normalized spacial score (nSPS) is 15.5. The summed E-state index contributed by atoms with van der Waals surface area (Å²) in [4.78, 5) is 25.2. The molecule has 0 saturated carbocycles. The van der Waals surface area contributed by atoms with Crippen LogP contribution in [0.4, 0.5) is 5.82 Å². The molecule has 3 heterocycles. The highest BCUT2D eigenvalue weighted by Crippen LogP contribution is 2.33. The van der Waals surface area contributed by atoms with Crippen molar-refractivity contribution in [3.8, 4) is 0 Å². The van der Waals surface area contributed by atoms with Crippen LogP contribution in [0.1, 0.15) is 23.2 Å². The first-order valence-electron chi connectivity index (χ1n) is 8.59. The number of aromatic nitrogens is 2. The summed E-state index contributed by atoms with van der Waals surface area (Å²) in [6, 6.07) is 0. The molecule has 0 aromatic carbocycles. The van der Waals surface area contributed by atoms with Crippen molar-refractivity contribution in [2.75, 3.05) is 44.7 Å². The molecule has 7 nitrogen and oxygen atoms in total. The van der Waals surface area contributed by atoms with Crippen molar-refractivity contribution in [1.29, 1.82) is 0 Å². The van der Waals surface area contributed by atoms with E-state index in [1.807, 2.05) is 0 Å². The number of aryl methyl sites for hydroxylation is 2. The van der Waals surface area contributed by atoms with Crippen molar-refractivity contribution < 1.29 is 9.53 Å². The van der Waals surface area contributed by atoms with Gasteiger partial charge in [-0.3, -0.25) is 9.69 Å². The Morgan fingerprint density at radius 1 is 1.24 bits per heavy atom. The number of morpholine rings is 1. The highest BCUT2D eigenvalue weighted by atomic mass is 32.1. The molecule has 0 bridgehead atoms. The predicted octanol–water partition coefficient (Wildman–Crippen LogP) is 1.69. The maximum atomic E-state index is 11.0. The third kappa shape index (κ3) is 4.45. The standard InChI is InChI=1S/C17H25N5O2S/c1-11-12(2)25-17-15(11)16(19-5-4-18-13(3)23)20-14(21-17)10-22-6-8-24-9-7-22/h4-10H2,1-3H3,(H,18,23)(H,19,20,21). The summed E-state index contributed by atoms with van der Waals surface area (Å²) in [5, 5.41) is 7.27. The SMILES string of the molecule is CC(=O)NCCNc1nc(CN2CCOCC2)nc2sc(C)c(C)c12. The molecule has 0 spiro atoms. The van der Waals surface area contributed by atoms with Crippen LogP contribution in [0.2, 0.25) is 0 Å². The maximum Gasteiger partial charge on any atom is 0.216 e. The minimum atomic E-state index is -0.0230. The second-order valence-electron chi connectivity index (χ2n) is 6.25. The molecule has 1 saturated heterocycles. The molecule has 1 aliphatic rings. The Hall–Kier alpha value is -1.77. The van der Waals surface area contributed by atoms with Gasteiger partial charge in [0.05, 0.1) is 25.1 Å². The van der Waals surface area contributed by atoms with Gasteiger partial charge in [0.2, 0.25) is 5.91 Å². The van der Waals surface area contributed by atoms with E-state index in [4.69, 9.17) is 14.7 Å². The molecular weight excluding hydrogens is 338 g/mol. The number of carbonyl (C=O) groups excluding carboxylic acids is 1. The number of amides is 1. The molecule has 0 aliphatic carbocycles. The summed E-state index contributed by atoms with van der Waals surface area (Å²) in [7, 11) is 0. The number of anilines is 1. The van der Waals surface area contributed by atoms with E-state index in [0.717, 1.165) is 54.7 Å². The van der Waals surface area contributed by atoms with Crippen LogP contribution in [0.25, 0.3) is 10.2 Å². The molecular formula is C17H25N5O2S. The molecule has 0 atom stereocenters. The monoisotopic (exact) mass is 363 g/mol. The fraction of sp³-hybridized carbons (Fsp3) is 0.588. The number of thiophene rings is 1. The van der Waals surface area contributed by atoms with Gasteiger partial charge in [-0.15, -0.1) is 11.3 Å². The summed E-state index contributed by atoms with van der Waals surface area (Å²) in [6.07, 6.45) is 0. The van der Waals surface area contributed by atoms with E-state index >= 15 is 0 Å². The number of nitrogens with zero attached hydrogens (tertiary/aromatic N) is 3. The number of rotatable bonds is 6. The van der Waals surface area contributed by atoms with Gasteiger partial charge in [0.25, 0.3) is 0 Å². The Morgan fingerprint density at radius 2 is 2.00 bits per heavy atom.